The molecule has 0 fully saturated rings. The first-order chi connectivity index (χ1) is 18.0. The van der Waals surface area contributed by atoms with E-state index in [2.05, 4.69) is 10.3 Å². The quantitative estimate of drug-likeness (QED) is 0.153. The van der Waals surface area contributed by atoms with E-state index in [-0.39, 0.29) is 24.3 Å². The average molecular weight is 501 g/mol. The summed E-state index contributed by atoms with van der Waals surface area (Å²) in [5, 5.41) is 12.7. The van der Waals surface area contributed by atoms with Gasteiger partial charge in [-0.3, -0.25) is 24.4 Å². The van der Waals surface area contributed by atoms with Crippen molar-refractivity contribution in [3.05, 3.63) is 71.4 Å². The molecule has 9 nitrogen and oxygen atoms in total. The molecule has 190 valence electrons. The topological polar surface area (TPSA) is 132 Å². The zero-order chi connectivity index (χ0) is 25.9. The number of carbonyl (C=O) groups is 4. The van der Waals surface area contributed by atoms with Crippen LogP contribution in [0.1, 0.15) is 55.6 Å². The summed E-state index contributed by atoms with van der Waals surface area (Å²) in [6.45, 7) is 0.461. The molecule has 4 amide bonds. The number of nitrogens with one attached hydrogen (secondary N) is 3. The highest BCUT2D eigenvalue weighted by Crippen LogP contribution is 2.44. The molecule has 37 heavy (non-hydrogen) atoms. The molecule has 0 bridgehead atoms. The highest BCUT2D eigenvalue weighted by molar-refractivity contribution is 6.42. The fraction of sp³-hybridized carbons (Fsp3) is 0.286. The van der Waals surface area contributed by atoms with E-state index in [1.165, 1.54) is 0 Å². The SMILES string of the molecule is O=C(CCCCCCC(=O)N1C(=O)C(c2c[nH]c3ccccc23)=C(C2CNc3ccccc32)C1=O)NO. The third kappa shape index (κ3) is 4.53. The third-order valence-electron chi connectivity index (χ3n) is 7.08. The molecular weight excluding hydrogens is 472 g/mol. The number of unbranched alkanes of at least 4 members (excludes halogenated alkanes) is 3. The molecule has 4 N–H and O–H groups in total. The van der Waals surface area contributed by atoms with Crippen LogP contribution in [0.5, 0.6) is 0 Å². The van der Waals surface area contributed by atoms with Gasteiger partial charge in [0.1, 0.15) is 0 Å². The van der Waals surface area contributed by atoms with Crippen molar-refractivity contribution in [2.24, 2.45) is 0 Å². The van der Waals surface area contributed by atoms with Crippen LogP contribution < -0.4 is 10.8 Å². The highest BCUT2D eigenvalue weighted by Gasteiger charge is 2.47. The summed E-state index contributed by atoms with van der Waals surface area (Å²) < 4.78 is 0. The highest BCUT2D eigenvalue weighted by atomic mass is 16.5. The van der Waals surface area contributed by atoms with Gasteiger partial charge in [-0.2, -0.15) is 0 Å². The van der Waals surface area contributed by atoms with Crippen molar-refractivity contribution < 1.29 is 24.4 Å². The standard InChI is InChI=1S/C28H28N4O5/c33-23(31-37)13-3-1-2-4-14-24(34)32-27(35)25(19-15-29-21-11-7-5-9-17(19)21)26(28(32)36)20-16-30-22-12-8-6-10-18(20)22/h5-12,15,20,29-30,37H,1-4,13-14,16H2,(H,31,33). The number of hydrogen-bond acceptors (Lipinski definition) is 6. The van der Waals surface area contributed by atoms with Gasteiger partial charge in [0.05, 0.1) is 5.57 Å². The van der Waals surface area contributed by atoms with E-state index in [9.17, 15) is 19.2 Å². The van der Waals surface area contributed by atoms with Gasteiger partial charge in [-0.05, 0) is 30.5 Å². The van der Waals surface area contributed by atoms with Gasteiger partial charge in [0.25, 0.3) is 11.8 Å². The number of anilines is 1. The molecule has 5 rings (SSSR count). The Morgan fingerprint density at radius 2 is 1.68 bits per heavy atom. The van der Waals surface area contributed by atoms with Gasteiger partial charge < -0.3 is 10.3 Å². The molecule has 1 aromatic heterocycles. The molecule has 1 atom stereocenters. The normalized spacial score (nSPS) is 16.9. The van der Waals surface area contributed by atoms with Crippen LogP contribution in [-0.2, 0) is 19.2 Å². The zero-order valence-corrected chi connectivity index (χ0v) is 20.3. The fourth-order valence-corrected chi connectivity index (χ4v) is 5.26. The second-order valence-electron chi connectivity index (χ2n) is 9.35. The Morgan fingerprint density at radius 1 is 0.946 bits per heavy atom. The van der Waals surface area contributed by atoms with Crippen molar-refractivity contribution in [1.29, 1.82) is 0 Å². The van der Waals surface area contributed by atoms with E-state index in [0.717, 1.165) is 27.1 Å². The Morgan fingerprint density at radius 3 is 2.49 bits per heavy atom. The van der Waals surface area contributed by atoms with Crippen LogP contribution in [0.25, 0.3) is 16.5 Å². The maximum atomic E-state index is 13.8. The van der Waals surface area contributed by atoms with Gasteiger partial charge in [0.2, 0.25) is 11.8 Å². The van der Waals surface area contributed by atoms with Crippen molar-refractivity contribution in [3.63, 3.8) is 0 Å². The molecule has 2 aliphatic heterocycles. The van der Waals surface area contributed by atoms with E-state index in [1.54, 1.807) is 11.7 Å². The second kappa shape index (κ2) is 10.4. The lowest BCUT2D eigenvalue weighted by Gasteiger charge is -2.15. The van der Waals surface area contributed by atoms with Crippen LogP contribution in [-0.4, -0.2) is 45.3 Å². The van der Waals surface area contributed by atoms with E-state index >= 15 is 0 Å². The minimum Gasteiger partial charge on any atom is -0.384 e. The summed E-state index contributed by atoms with van der Waals surface area (Å²) in [6.07, 6.45) is 4.40. The van der Waals surface area contributed by atoms with Crippen LogP contribution in [0, 0.1) is 0 Å². The molecule has 0 radical (unpaired) electrons. The molecule has 0 saturated heterocycles. The Bertz CT molecular complexity index is 1420. The Kier molecular flexibility index (Phi) is 6.87. The molecule has 2 aliphatic rings. The number of amides is 4. The number of imide groups is 3. The first-order valence-corrected chi connectivity index (χ1v) is 12.5. The third-order valence-corrected chi connectivity index (χ3v) is 7.08. The average Bonchev–Trinajstić information content (AvgIpc) is 3.59. The summed E-state index contributed by atoms with van der Waals surface area (Å²) in [7, 11) is 0. The Hall–Kier alpha value is -4.24. The van der Waals surface area contributed by atoms with Gasteiger partial charge in [0, 0.05) is 59.2 Å². The lowest BCUT2D eigenvalue weighted by Crippen LogP contribution is -2.38. The largest absolute Gasteiger partial charge is 0.384 e. The van der Waals surface area contributed by atoms with Crippen molar-refractivity contribution in [3.8, 4) is 0 Å². The summed E-state index contributed by atoms with van der Waals surface area (Å²) in [5.41, 5.74) is 5.51. The smallest absolute Gasteiger partial charge is 0.268 e. The molecule has 0 aliphatic carbocycles. The van der Waals surface area contributed by atoms with E-state index in [4.69, 9.17) is 5.21 Å². The van der Waals surface area contributed by atoms with Crippen molar-refractivity contribution in [2.75, 3.05) is 11.9 Å². The second-order valence-corrected chi connectivity index (χ2v) is 9.35. The maximum Gasteiger partial charge on any atom is 0.268 e. The van der Waals surface area contributed by atoms with Gasteiger partial charge in [-0.1, -0.05) is 49.2 Å². The lowest BCUT2D eigenvalue weighted by molar-refractivity contribution is -0.148. The number of rotatable bonds is 9. The number of aromatic amines is 1. The number of aromatic nitrogens is 1. The number of hydrogen-bond donors (Lipinski definition) is 4. The predicted molar refractivity (Wildman–Crippen MR) is 137 cm³/mol. The molecule has 3 heterocycles. The zero-order valence-electron chi connectivity index (χ0n) is 20.3. The first kappa shape index (κ1) is 24.5. The van der Waals surface area contributed by atoms with Gasteiger partial charge in [-0.25, -0.2) is 10.4 Å². The lowest BCUT2D eigenvalue weighted by atomic mass is 9.88. The van der Waals surface area contributed by atoms with E-state index in [0.29, 0.717) is 43.4 Å². The van der Waals surface area contributed by atoms with Crippen molar-refractivity contribution in [2.45, 2.75) is 44.4 Å². The summed E-state index contributed by atoms with van der Waals surface area (Å²) >= 11 is 0. The van der Waals surface area contributed by atoms with Crippen molar-refractivity contribution in [1.82, 2.24) is 15.4 Å². The van der Waals surface area contributed by atoms with Gasteiger partial charge in [0.15, 0.2) is 0 Å². The van der Waals surface area contributed by atoms with Gasteiger partial charge in [-0.15, -0.1) is 0 Å². The van der Waals surface area contributed by atoms with Crippen molar-refractivity contribution >= 4 is 45.8 Å². The number of hydroxylamine groups is 1. The maximum absolute atomic E-state index is 13.8. The van der Waals surface area contributed by atoms with E-state index < -0.39 is 23.6 Å². The Balaban J connectivity index is 1.41. The molecule has 0 saturated carbocycles. The van der Waals surface area contributed by atoms with Crippen LogP contribution in [0.15, 0.2) is 60.3 Å². The minimum atomic E-state index is -0.584. The number of benzene rings is 2. The number of H-pyrrole nitrogens is 1. The first-order valence-electron chi connectivity index (χ1n) is 12.5. The summed E-state index contributed by atoms with van der Waals surface area (Å²) in [6, 6.07) is 15.3. The molecule has 1 unspecified atom stereocenters. The van der Waals surface area contributed by atoms with Gasteiger partial charge >= 0.3 is 0 Å². The molecule has 0 spiro atoms. The number of para-hydroxylation sites is 2. The Labute approximate surface area is 213 Å². The fourth-order valence-electron chi connectivity index (χ4n) is 5.26. The van der Waals surface area contributed by atoms with Crippen LogP contribution in [0.2, 0.25) is 0 Å². The molecular formula is C28H28N4O5. The monoisotopic (exact) mass is 500 g/mol. The predicted octanol–water partition coefficient (Wildman–Crippen LogP) is 3.87. The van der Waals surface area contributed by atoms with Crippen LogP contribution in [0.4, 0.5) is 5.69 Å². The number of carbonyl (C=O) groups excluding carboxylic acids is 4. The summed E-state index contributed by atoms with van der Waals surface area (Å²) in [4.78, 5) is 55.8. The summed E-state index contributed by atoms with van der Waals surface area (Å²) in [5.74, 6) is -2.46. The van der Waals surface area contributed by atoms with E-state index in [1.807, 2.05) is 48.5 Å². The number of nitrogens with zero attached hydrogens (tertiary/aromatic N) is 1. The van der Waals surface area contributed by atoms with Crippen LogP contribution in [0.3, 0.4) is 0 Å². The molecule has 9 heteroatoms. The molecule has 3 aromatic rings. The number of fused-ring (bicyclic) bond motifs is 2. The van der Waals surface area contributed by atoms with Crippen LogP contribution >= 0.6 is 0 Å². The molecule has 2 aromatic carbocycles. The minimum absolute atomic E-state index is 0.0532.